The third-order valence-corrected chi connectivity index (χ3v) is 1.94. The van der Waals surface area contributed by atoms with Crippen molar-refractivity contribution in [1.29, 1.82) is 0 Å². The van der Waals surface area contributed by atoms with Gasteiger partial charge in [0.2, 0.25) is 0 Å². The van der Waals surface area contributed by atoms with Crippen molar-refractivity contribution in [1.82, 2.24) is 0 Å². The molecule has 2 aromatic rings. The van der Waals surface area contributed by atoms with Crippen LogP contribution in [0.3, 0.4) is 0 Å². The lowest BCUT2D eigenvalue weighted by Crippen LogP contribution is -2.13. The monoisotopic (exact) mass is 190 g/mol. The highest BCUT2D eigenvalue weighted by molar-refractivity contribution is 6.00. The van der Waals surface area contributed by atoms with E-state index in [0.717, 1.165) is 16.5 Å². The molecule has 0 spiro atoms. The Kier molecular flexibility index (Phi) is 2.10. The Balaban J connectivity index is 2.48. The van der Waals surface area contributed by atoms with Gasteiger partial charge in [0.15, 0.2) is 5.84 Å². The fraction of sp³-hybridized carbons (Fsp3) is 0.100. The van der Waals surface area contributed by atoms with Crippen LogP contribution in [0.25, 0.3) is 11.0 Å². The number of benzene rings is 1. The van der Waals surface area contributed by atoms with Crippen LogP contribution in [0.2, 0.25) is 0 Å². The highest BCUT2D eigenvalue weighted by atomic mass is 16.6. The number of hydrogen-bond acceptors (Lipinski definition) is 3. The van der Waals surface area contributed by atoms with Crippen LogP contribution in [0.4, 0.5) is 0 Å². The molecule has 0 aliphatic carbocycles. The van der Waals surface area contributed by atoms with Gasteiger partial charge in [0.1, 0.15) is 12.7 Å². The van der Waals surface area contributed by atoms with Crippen LogP contribution in [-0.2, 0) is 4.84 Å². The molecule has 1 heterocycles. The highest BCUT2D eigenvalue weighted by Crippen LogP contribution is 2.16. The van der Waals surface area contributed by atoms with Gasteiger partial charge in [-0.2, -0.15) is 0 Å². The maximum atomic E-state index is 5.66. The summed E-state index contributed by atoms with van der Waals surface area (Å²) in [6, 6.07) is 7.46. The first-order valence-corrected chi connectivity index (χ1v) is 4.15. The lowest BCUT2D eigenvalue weighted by atomic mass is 10.1. The predicted octanol–water partition coefficient (Wildman–Crippen LogP) is 1.70. The number of nitrogens with two attached hydrogens (primary N) is 1. The van der Waals surface area contributed by atoms with Crippen LogP contribution in [0, 0.1) is 0 Å². The molecule has 0 saturated heterocycles. The summed E-state index contributed by atoms with van der Waals surface area (Å²) in [6.45, 7) is 0. The second-order valence-electron chi connectivity index (χ2n) is 2.83. The summed E-state index contributed by atoms with van der Waals surface area (Å²) in [7, 11) is 1.46. The Morgan fingerprint density at radius 1 is 1.43 bits per heavy atom. The van der Waals surface area contributed by atoms with Crippen molar-refractivity contribution in [3.05, 3.63) is 36.1 Å². The minimum absolute atomic E-state index is 0.357. The Hall–Kier alpha value is -1.97. The fourth-order valence-corrected chi connectivity index (χ4v) is 1.28. The predicted molar refractivity (Wildman–Crippen MR) is 53.9 cm³/mol. The molecule has 0 aliphatic heterocycles. The zero-order valence-corrected chi connectivity index (χ0v) is 7.73. The maximum Gasteiger partial charge on any atom is 0.170 e. The lowest BCUT2D eigenvalue weighted by Gasteiger charge is -1.98. The molecule has 2 N–H and O–H groups in total. The van der Waals surface area contributed by atoms with Crippen molar-refractivity contribution in [2.24, 2.45) is 10.9 Å². The van der Waals surface area contributed by atoms with Crippen LogP contribution < -0.4 is 5.73 Å². The number of rotatable bonds is 2. The smallest absolute Gasteiger partial charge is 0.170 e. The number of hydrogen-bond donors (Lipinski definition) is 1. The number of fused-ring (bicyclic) bond motifs is 1. The van der Waals surface area contributed by atoms with Gasteiger partial charge >= 0.3 is 0 Å². The average Bonchev–Trinajstić information content (AvgIpc) is 2.64. The Morgan fingerprint density at radius 2 is 2.29 bits per heavy atom. The van der Waals surface area contributed by atoms with E-state index >= 15 is 0 Å². The fourth-order valence-electron chi connectivity index (χ4n) is 1.28. The summed E-state index contributed by atoms with van der Waals surface area (Å²) in [4.78, 5) is 4.59. The van der Waals surface area contributed by atoms with E-state index in [1.54, 1.807) is 6.26 Å². The van der Waals surface area contributed by atoms with Crippen molar-refractivity contribution in [3.63, 3.8) is 0 Å². The van der Waals surface area contributed by atoms with E-state index in [1.807, 2.05) is 24.3 Å². The molecule has 1 aromatic heterocycles. The van der Waals surface area contributed by atoms with Gasteiger partial charge in [-0.15, -0.1) is 0 Å². The zero-order valence-electron chi connectivity index (χ0n) is 7.73. The first-order valence-electron chi connectivity index (χ1n) is 4.15. The SMILES string of the molecule is CO/N=C(\N)c1ccc2occc2c1. The molecule has 4 nitrogen and oxygen atoms in total. The van der Waals surface area contributed by atoms with E-state index in [4.69, 9.17) is 10.2 Å². The van der Waals surface area contributed by atoms with Gasteiger partial charge in [0, 0.05) is 10.9 Å². The molecule has 0 saturated carbocycles. The van der Waals surface area contributed by atoms with Crippen molar-refractivity contribution in [2.45, 2.75) is 0 Å². The molecule has 0 bridgehead atoms. The summed E-state index contributed by atoms with van der Waals surface area (Å²) in [6.07, 6.45) is 1.64. The maximum absolute atomic E-state index is 5.66. The first-order chi connectivity index (χ1) is 6.81. The van der Waals surface area contributed by atoms with Gasteiger partial charge in [0.05, 0.1) is 6.26 Å². The van der Waals surface area contributed by atoms with Crippen molar-refractivity contribution in [2.75, 3.05) is 7.11 Å². The minimum atomic E-state index is 0.357. The van der Waals surface area contributed by atoms with E-state index in [2.05, 4.69) is 9.99 Å². The third kappa shape index (κ3) is 1.42. The van der Waals surface area contributed by atoms with Crippen LogP contribution in [0.5, 0.6) is 0 Å². The van der Waals surface area contributed by atoms with E-state index in [0.29, 0.717) is 5.84 Å². The second-order valence-corrected chi connectivity index (χ2v) is 2.83. The lowest BCUT2D eigenvalue weighted by molar-refractivity contribution is 0.213. The normalized spacial score (nSPS) is 11.9. The quantitative estimate of drug-likeness (QED) is 0.445. The molecule has 1 aromatic carbocycles. The van der Waals surface area contributed by atoms with Crippen molar-refractivity contribution in [3.8, 4) is 0 Å². The van der Waals surface area contributed by atoms with E-state index < -0.39 is 0 Å². The number of nitrogens with zero attached hydrogens (tertiary/aromatic N) is 1. The van der Waals surface area contributed by atoms with Crippen LogP contribution in [0.15, 0.2) is 40.1 Å². The second kappa shape index (κ2) is 3.41. The highest BCUT2D eigenvalue weighted by Gasteiger charge is 2.02. The Bertz CT molecular complexity index is 474. The van der Waals surface area contributed by atoms with Gasteiger partial charge in [-0.1, -0.05) is 5.16 Å². The van der Waals surface area contributed by atoms with Gasteiger partial charge < -0.3 is 15.0 Å². The molecule has 4 heteroatoms. The molecule has 2 rings (SSSR count). The topological polar surface area (TPSA) is 60.8 Å². The Morgan fingerprint density at radius 3 is 3.07 bits per heavy atom. The number of furan rings is 1. The molecule has 0 radical (unpaired) electrons. The molecular formula is C10H10N2O2. The number of oxime groups is 1. The number of amidine groups is 1. The van der Waals surface area contributed by atoms with E-state index in [9.17, 15) is 0 Å². The summed E-state index contributed by atoms with van der Waals surface area (Å²) >= 11 is 0. The summed E-state index contributed by atoms with van der Waals surface area (Å²) < 4.78 is 5.20. The molecule has 0 atom stereocenters. The molecule has 0 amide bonds. The molecule has 14 heavy (non-hydrogen) atoms. The van der Waals surface area contributed by atoms with Gasteiger partial charge in [0.25, 0.3) is 0 Å². The van der Waals surface area contributed by atoms with Gasteiger partial charge in [-0.05, 0) is 24.3 Å². The van der Waals surface area contributed by atoms with Crippen LogP contribution in [-0.4, -0.2) is 12.9 Å². The molecule has 72 valence electrons. The first kappa shape index (κ1) is 8.62. The summed E-state index contributed by atoms with van der Waals surface area (Å²) in [5.41, 5.74) is 7.31. The molecule has 0 unspecified atom stereocenters. The van der Waals surface area contributed by atoms with Crippen LogP contribution >= 0.6 is 0 Å². The average molecular weight is 190 g/mol. The molecule has 0 fully saturated rings. The molecule has 0 aliphatic rings. The van der Waals surface area contributed by atoms with Crippen molar-refractivity contribution >= 4 is 16.8 Å². The van der Waals surface area contributed by atoms with Crippen LogP contribution in [0.1, 0.15) is 5.56 Å². The third-order valence-electron chi connectivity index (χ3n) is 1.94. The van der Waals surface area contributed by atoms with Crippen molar-refractivity contribution < 1.29 is 9.25 Å². The van der Waals surface area contributed by atoms with Gasteiger partial charge in [-0.3, -0.25) is 0 Å². The standard InChI is InChI=1S/C10H10N2O2/c1-13-12-10(11)8-2-3-9-7(6-8)4-5-14-9/h2-6H,1H3,(H2,11,12). The molecular weight excluding hydrogens is 180 g/mol. The van der Waals surface area contributed by atoms with E-state index in [-0.39, 0.29) is 0 Å². The minimum Gasteiger partial charge on any atom is -0.464 e. The largest absolute Gasteiger partial charge is 0.464 e. The summed E-state index contributed by atoms with van der Waals surface area (Å²) in [5.74, 6) is 0.357. The van der Waals surface area contributed by atoms with E-state index in [1.165, 1.54) is 7.11 Å². The zero-order chi connectivity index (χ0) is 9.97. The Labute approximate surface area is 80.9 Å². The summed E-state index contributed by atoms with van der Waals surface area (Å²) in [5, 5.41) is 4.65. The van der Waals surface area contributed by atoms with Gasteiger partial charge in [-0.25, -0.2) is 0 Å².